The Labute approximate surface area is 138 Å². The largest absolute Gasteiger partial charge is 0.412 e. The summed E-state index contributed by atoms with van der Waals surface area (Å²) in [6, 6.07) is 0. The maximum absolute atomic E-state index is 8.47. The fourth-order valence-corrected chi connectivity index (χ4v) is 1.25. The Kier molecular flexibility index (Phi) is 9.71. The van der Waals surface area contributed by atoms with Crippen LogP contribution in [0.3, 0.4) is 0 Å². The van der Waals surface area contributed by atoms with Crippen molar-refractivity contribution in [2.45, 2.75) is 17.1 Å². The summed E-state index contributed by atoms with van der Waals surface area (Å²) in [4.78, 5) is 0. The van der Waals surface area contributed by atoms with Gasteiger partial charge in [0.05, 0.1) is 38.0 Å². The SMILES string of the molecule is [B]/C(=N\O)C([B])([B])NCCCOCCNC([B])([B])/C([B])=N/O. The molecule has 0 unspecified atom stereocenters. The van der Waals surface area contributed by atoms with E-state index in [4.69, 9.17) is 62.2 Å². The average Bonchev–Trinajstić information content (AvgIpc) is 2.47. The lowest BCUT2D eigenvalue weighted by atomic mass is 9.54. The molecule has 0 saturated heterocycles. The number of hydrogen-bond donors (Lipinski definition) is 4. The van der Waals surface area contributed by atoms with Crippen molar-refractivity contribution in [3.63, 3.8) is 0 Å². The quantitative estimate of drug-likeness (QED) is 0.104. The van der Waals surface area contributed by atoms with E-state index in [1.165, 1.54) is 0 Å². The normalized spacial score (nSPS) is 14.2. The summed E-state index contributed by atoms with van der Waals surface area (Å²) >= 11 is 0. The minimum Gasteiger partial charge on any atom is -0.412 e. The van der Waals surface area contributed by atoms with Gasteiger partial charge in [0, 0.05) is 24.4 Å². The molecule has 7 nitrogen and oxygen atoms in total. The summed E-state index contributed by atoms with van der Waals surface area (Å²) in [5.41, 5.74) is -0.676. The third-order valence-electron chi connectivity index (χ3n) is 2.61. The number of oxime groups is 2. The highest BCUT2D eigenvalue weighted by molar-refractivity contribution is 6.74. The van der Waals surface area contributed by atoms with Gasteiger partial charge in [-0.1, -0.05) is 0 Å². The number of ether oxygens (including phenoxy) is 1. The van der Waals surface area contributed by atoms with Crippen molar-refractivity contribution in [2.24, 2.45) is 10.3 Å². The second-order valence-electron chi connectivity index (χ2n) is 4.53. The summed E-state index contributed by atoms with van der Waals surface area (Å²) in [6.45, 7) is 1.37. The third kappa shape index (κ3) is 8.00. The first-order chi connectivity index (χ1) is 10.2. The van der Waals surface area contributed by atoms with Gasteiger partial charge in [0.25, 0.3) is 0 Å². The first kappa shape index (κ1) is 21.2. The van der Waals surface area contributed by atoms with Gasteiger partial charge in [-0.05, 0) is 23.6 Å². The molecule has 0 aliphatic carbocycles. The summed E-state index contributed by atoms with van der Waals surface area (Å²) < 4.78 is 5.29. The van der Waals surface area contributed by atoms with Gasteiger partial charge >= 0.3 is 0 Å². The number of nitrogens with zero attached hydrogens (tertiary/aromatic N) is 2. The molecule has 0 aromatic rings. The Bertz CT molecular complexity index is 358. The minimum absolute atomic E-state index is 0.290. The third-order valence-corrected chi connectivity index (χ3v) is 2.61. The van der Waals surface area contributed by atoms with Crippen molar-refractivity contribution >= 4 is 58.3 Å². The van der Waals surface area contributed by atoms with E-state index in [-0.39, 0.29) is 11.2 Å². The highest BCUT2D eigenvalue weighted by Crippen LogP contribution is 1.95. The lowest BCUT2D eigenvalue weighted by Crippen LogP contribution is -2.54. The van der Waals surface area contributed by atoms with Gasteiger partial charge in [0.15, 0.2) is 0 Å². The van der Waals surface area contributed by atoms with Gasteiger partial charge in [0.2, 0.25) is 0 Å². The van der Waals surface area contributed by atoms with Crippen LogP contribution in [0.5, 0.6) is 0 Å². The zero-order valence-electron chi connectivity index (χ0n) is 12.2. The summed E-state index contributed by atoms with van der Waals surface area (Å²) in [7, 11) is 32.8. The summed E-state index contributed by atoms with van der Waals surface area (Å²) in [6.07, 6.45) is 0.575. The lowest BCUT2D eigenvalue weighted by molar-refractivity contribution is 0.133. The molecule has 0 aromatic heterocycles. The molecule has 22 heavy (non-hydrogen) atoms. The van der Waals surface area contributed by atoms with Crippen LogP contribution in [0, 0.1) is 0 Å². The van der Waals surface area contributed by atoms with Crippen molar-refractivity contribution < 1.29 is 15.2 Å². The summed E-state index contributed by atoms with van der Waals surface area (Å²) in [5.74, 6) is 0. The van der Waals surface area contributed by atoms with Crippen LogP contribution in [0.25, 0.3) is 0 Å². The Hall–Kier alpha value is -0.790. The van der Waals surface area contributed by atoms with E-state index in [9.17, 15) is 0 Å². The van der Waals surface area contributed by atoms with Gasteiger partial charge in [-0.25, -0.2) is 0 Å². The highest BCUT2D eigenvalue weighted by Gasteiger charge is 2.19. The predicted molar refractivity (Wildman–Crippen MR) is 89.9 cm³/mol. The van der Waals surface area contributed by atoms with E-state index in [1.54, 1.807) is 0 Å². The molecule has 4 N–H and O–H groups in total. The molecule has 0 bridgehead atoms. The number of nitrogens with one attached hydrogen (secondary N) is 2. The van der Waals surface area contributed by atoms with E-state index in [0.717, 1.165) is 0 Å². The fraction of sp³-hybridized carbons (Fsp3) is 0.778. The molecule has 0 rings (SSSR count). The Morgan fingerprint density at radius 2 is 1.32 bits per heavy atom. The van der Waals surface area contributed by atoms with Crippen LogP contribution in [0.1, 0.15) is 6.42 Å². The monoisotopic (exact) mass is 292 g/mol. The standard InChI is InChI=1S/C9H14B6N4O3/c10-6(18-20)8(12,13)16-2-1-4-22-5-3-17-9(14,15)7(11)19-21/h16-17,20-21H,1-5H2/b18-6-,19-7-. The van der Waals surface area contributed by atoms with E-state index in [2.05, 4.69) is 20.9 Å². The molecule has 106 valence electrons. The molecule has 0 spiro atoms. The van der Waals surface area contributed by atoms with Gasteiger partial charge < -0.3 is 25.8 Å². The first-order valence-corrected chi connectivity index (χ1v) is 6.36. The smallest absolute Gasteiger partial charge is 0.140 e. The van der Waals surface area contributed by atoms with Crippen molar-refractivity contribution in [3.05, 3.63) is 0 Å². The Balaban J connectivity index is 3.72. The van der Waals surface area contributed by atoms with E-state index >= 15 is 0 Å². The molecular weight excluding hydrogens is 277 g/mol. The zero-order chi connectivity index (χ0) is 17.2. The van der Waals surface area contributed by atoms with Crippen molar-refractivity contribution in [1.82, 2.24) is 10.6 Å². The van der Waals surface area contributed by atoms with Crippen molar-refractivity contribution in [1.29, 1.82) is 0 Å². The molecule has 12 radical (unpaired) electrons. The molecule has 0 aliphatic heterocycles. The van der Waals surface area contributed by atoms with Gasteiger partial charge in [-0.15, -0.1) is 10.3 Å². The van der Waals surface area contributed by atoms with E-state index in [1.807, 2.05) is 0 Å². The van der Waals surface area contributed by atoms with Crippen LogP contribution in [-0.4, -0.2) is 106 Å². The first-order valence-electron chi connectivity index (χ1n) is 6.36. The predicted octanol–water partition coefficient (Wildman–Crippen LogP) is -3.53. The molecule has 13 heteroatoms. The number of hydrogen-bond acceptors (Lipinski definition) is 7. The fourth-order valence-electron chi connectivity index (χ4n) is 1.25. The van der Waals surface area contributed by atoms with Gasteiger partial charge in [-0.2, -0.15) is 0 Å². The Morgan fingerprint density at radius 1 is 0.864 bits per heavy atom. The molecule has 0 atom stereocenters. The molecule has 0 saturated carbocycles. The zero-order valence-corrected chi connectivity index (χ0v) is 12.2. The molecule has 0 amide bonds. The van der Waals surface area contributed by atoms with Gasteiger partial charge in [-0.3, -0.25) is 0 Å². The number of rotatable bonds is 11. The van der Waals surface area contributed by atoms with Gasteiger partial charge in [0.1, 0.15) is 15.7 Å². The molecule has 0 aromatic carbocycles. The van der Waals surface area contributed by atoms with E-state index < -0.39 is 10.7 Å². The molecule has 0 aliphatic rings. The van der Waals surface area contributed by atoms with Crippen LogP contribution in [-0.2, 0) is 4.74 Å². The molecular formula is C9H14B6N4O3. The van der Waals surface area contributed by atoms with Crippen LogP contribution in [0.15, 0.2) is 10.3 Å². The molecule has 0 fully saturated rings. The average molecular weight is 291 g/mol. The van der Waals surface area contributed by atoms with Crippen LogP contribution >= 0.6 is 0 Å². The maximum Gasteiger partial charge on any atom is 0.140 e. The van der Waals surface area contributed by atoms with Crippen LogP contribution in [0.4, 0.5) is 0 Å². The summed E-state index contributed by atoms with van der Waals surface area (Å²) in [5, 5.41) is 24.5. The second kappa shape index (κ2) is 10.1. The van der Waals surface area contributed by atoms with Crippen LogP contribution in [0.2, 0.25) is 0 Å². The van der Waals surface area contributed by atoms with E-state index in [0.29, 0.717) is 32.7 Å². The maximum atomic E-state index is 8.47. The minimum atomic E-state index is -1.61. The van der Waals surface area contributed by atoms with Crippen molar-refractivity contribution in [3.8, 4) is 0 Å². The highest BCUT2D eigenvalue weighted by atomic mass is 16.5. The van der Waals surface area contributed by atoms with Crippen LogP contribution < -0.4 is 10.6 Å². The second-order valence-corrected chi connectivity index (χ2v) is 4.53. The molecule has 0 heterocycles. The lowest BCUT2D eigenvalue weighted by Gasteiger charge is -2.27. The van der Waals surface area contributed by atoms with Crippen molar-refractivity contribution in [2.75, 3.05) is 26.3 Å². The Morgan fingerprint density at radius 3 is 1.77 bits per heavy atom. The topological polar surface area (TPSA) is 98.5 Å².